The molecular formula is C31H32ClNO2. The number of amides is 1. The van der Waals surface area contributed by atoms with Crippen molar-refractivity contribution < 1.29 is 9.59 Å². The van der Waals surface area contributed by atoms with Crippen LogP contribution < -0.4 is 5.32 Å². The van der Waals surface area contributed by atoms with Crippen molar-refractivity contribution in [3.8, 4) is 0 Å². The predicted octanol–water partition coefficient (Wildman–Crippen LogP) is 6.90. The molecule has 4 heteroatoms. The summed E-state index contributed by atoms with van der Waals surface area (Å²) >= 11 is 6.88. The first-order chi connectivity index (χ1) is 17.1. The number of hydrogen-bond acceptors (Lipinski definition) is 2. The van der Waals surface area contributed by atoms with Gasteiger partial charge in [-0.2, -0.15) is 0 Å². The third-order valence-corrected chi connectivity index (χ3v) is 7.36. The number of carbonyl (C=O) groups excluding carboxylic acids is 2. The zero-order chi connectivity index (χ0) is 24.5. The van der Waals surface area contributed by atoms with E-state index in [-0.39, 0.29) is 18.7 Å². The molecule has 2 aromatic carbocycles. The summed E-state index contributed by atoms with van der Waals surface area (Å²) < 4.78 is 0. The summed E-state index contributed by atoms with van der Waals surface area (Å²) in [4.78, 5) is 24.1. The van der Waals surface area contributed by atoms with Crippen molar-refractivity contribution in [3.63, 3.8) is 0 Å². The van der Waals surface area contributed by atoms with E-state index in [9.17, 15) is 9.59 Å². The summed E-state index contributed by atoms with van der Waals surface area (Å²) in [6.45, 7) is -0.0188. The van der Waals surface area contributed by atoms with Crippen molar-refractivity contribution in [1.29, 1.82) is 0 Å². The minimum Gasteiger partial charge on any atom is -0.352 e. The van der Waals surface area contributed by atoms with Crippen molar-refractivity contribution in [2.24, 2.45) is 0 Å². The molecule has 0 saturated carbocycles. The smallest absolute Gasteiger partial charge is 0.207 e. The molecule has 0 spiro atoms. The molecule has 1 N–H and O–H groups in total. The molecule has 1 amide bonds. The van der Waals surface area contributed by atoms with Gasteiger partial charge in [0.25, 0.3) is 0 Å². The van der Waals surface area contributed by atoms with E-state index in [1.165, 1.54) is 18.4 Å². The highest BCUT2D eigenvalue weighted by atomic mass is 35.5. The van der Waals surface area contributed by atoms with Gasteiger partial charge >= 0.3 is 0 Å². The maximum absolute atomic E-state index is 13.2. The van der Waals surface area contributed by atoms with Crippen molar-refractivity contribution in [1.82, 2.24) is 5.32 Å². The highest BCUT2D eigenvalue weighted by Crippen LogP contribution is 2.46. The Morgan fingerprint density at radius 2 is 1.71 bits per heavy atom. The zero-order valence-electron chi connectivity index (χ0n) is 20.0. The largest absolute Gasteiger partial charge is 0.352 e. The lowest BCUT2D eigenvalue weighted by Gasteiger charge is -2.37. The fourth-order valence-electron chi connectivity index (χ4n) is 5.29. The Kier molecular flexibility index (Phi) is 8.54. The molecule has 0 bridgehead atoms. The van der Waals surface area contributed by atoms with E-state index in [1.54, 1.807) is 0 Å². The van der Waals surface area contributed by atoms with Crippen molar-refractivity contribution in [2.75, 3.05) is 6.54 Å². The lowest BCUT2D eigenvalue weighted by Crippen LogP contribution is -2.36. The van der Waals surface area contributed by atoms with Crippen LogP contribution in [0.25, 0.3) is 0 Å². The van der Waals surface area contributed by atoms with E-state index in [0.717, 1.165) is 36.0 Å². The monoisotopic (exact) mass is 485 g/mol. The van der Waals surface area contributed by atoms with Crippen molar-refractivity contribution in [3.05, 3.63) is 118 Å². The maximum Gasteiger partial charge on any atom is 0.207 e. The second-order valence-corrected chi connectivity index (χ2v) is 9.65. The average Bonchev–Trinajstić information content (AvgIpc) is 3.30. The highest BCUT2D eigenvalue weighted by molar-refractivity contribution is 6.32. The molecule has 2 unspecified atom stereocenters. The SMILES string of the molecule is O=CNCC(=O)CC(C1=C(Cl)C=CCC=C1)(c1ccccc1)c1ccc(C2CC=CCCC2)cc1. The third kappa shape index (κ3) is 5.74. The van der Waals surface area contributed by atoms with E-state index >= 15 is 0 Å². The fraction of sp³-hybridized carbons (Fsp3) is 0.290. The van der Waals surface area contributed by atoms with Gasteiger partial charge < -0.3 is 5.32 Å². The van der Waals surface area contributed by atoms with Crippen molar-refractivity contribution >= 4 is 23.8 Å². The van der Waals surface area contributed by atoms with Crippen LogP contribution in [0.1, 0.15) is 61.1 Å². The molecule has 3 nitrogen and oxygen atoms in total. The lowest BCUT2D eigenvalue weighted by atomic mass is 9.65. The van der Waals surface area contributed by atoms with E-state index in [0.29, 0.717) is 17.4 Å². The zero-order valence-corrected chi connectivity index (χ0v) is 20.7. The number of Topliss-reactive ketones (excluding diaryl/α,β-unsaturated/α-hetero) is 1. The van der Waals surface area contributed by atoms with Gasteiger partial charge in [0.15, 0.2) is 5.78 Å². The number of halogens is 1. The molecule has 0 radical (unpaired) electrons. The molecule has 0 fully saturated rings. The van der Waals surface area contributed by atoms with Gasteiger partial charge in [0.2, 0.25) is 6.41 Å². The van der Waals surface area contributed by atoms with Gasteiger partial charge in [-0.05, 0) is 66.4 Å². The van der Waals surface area contributed by atoms with Crippen LogP contribution in [0.15, 0.2) is 102 Å². The summed E-state index contributed by atoms with van der Waals surface area (Å²) in [6, 6.07) is 18.9. The summed E-state index contributed by atoms with van der Waals surface area (Å²) in [5.41, 5.74) is 3.45. The summed E-state index contributed by atoms with van der Waals surface area (Å²) in [5, 5.41) is 3.16. The molecule has 0 heterocycles. The number of nitrogens with one attached hydrogen (secondary N) is 1. The van der Waals surface area contributed by atoms with Crippen LogP contribution in [0, 0.1) is 0 Å². The number of hydrogen-bond donors (Lipinski definition) is 1. The highest BCUT2D eigenvalue weighted by Gasteiger charge is 2.40. The molecule has 2 aliphatic carbocycles. The molecule has 2 aliphatic rings. The van der Waals surface area contributed by atoms with Crippen LogP contribution in [0.5, 0.6) is 0 Å². The molecular weight excluding hydrogens is 454 g/mol. The van der Waals surface area contributed by atoms with Crippen LogP contribution in [0.3, 0.4) is 0 Å². The first-order valence-corrected chi connectivity index (χ1v) is 12.8. The number of rotatable bonds is 9. The number of carbonyl (C=O) groups is 2. The minimum atomic E-state index is -0.785. The first-order valence-electron chi connectivity index (χ1n) is 12.4. The molecule has 2 atom stereocenters. The Morgan fingerprint density at radius 3 is 2.49 bits per heavy atom. The van der Waals surface area contributed by atoms with Gasteiger partial charge in [-0.15, -0.1) is 0 Å². The maximum atomic E-state index is 13.2. The average molecular weight is 486 g/mol. The van der Waals surface area contributed by atoms with Gasteiger partial charge in [-0.25, -0.2) is 0 Å². The Morgan fingerprint density at radius 1 is 0.971 bits per heavy atom. The van der Waals surface area contributed by atoms with Crippen LogP contribution in [-0.2, 0) is 15.0 Å². The van der Waals surface area contributed by atoms with Gasteiger partial charge in [0, 0.05) is 11.5 Å². The molecule has 2 aromatic rings. The normalized spacial score (nSPS) is 19.5. The molecule has 0 saturated heterocycles. The summed E-state index contributed by atoms with van der Waals surface area (Å²) in [7, 11) is 0. The Bertz CT molecular complexity index is 1140. The topological polar surface area (TPSA) is 46.2 Å². The lowest BCUT2D eigenvalue weighted by molar-refractivity contribution is -0.121. The van der Waals surface area contributed by atoms with Crippen LogP contribution in [0.4, 0.5) is 0 Å². The van der Waals surface area contributed by atoms with Crippen LogP contribution in [0.2, 0.25) is 0 Å². The minimum absolute atomic E-state index is 0.0188. The molecule has 0 aliphatic heterocycles. The summed E-state index contributed by atoms with van der Waals surface area (Å²) in [5.74, 6) is 0.452. The van der Waals surface area contributed by atoms with Gasteiger partial charge in [-0.1, -0.05) is 96.6 Å². The van der Waals surface area contributed by atoms with E-state index < -0.39 is 5.41 Å². The summed E-state index contributed by atoms with van der Waals surface area (Å²) in [6.07, 6.45) is 18.8. The van der Waals surface area contributed by atoms with Crippen LogP contribution in [-0.4, -0.2) is 18.7 Å². The third-order valence-electron chi connectivity index (χ3n) is 7.03. The van der Waals surface area contributed by atoms with Crippen molar-refractivity contribution in [2.45, 2.75) is 49.9 Å². The fourth-order valence-corrected chi connectivity index (χ4v) is 5.60. The number of ketones is 1. The Balaban J connectivity index is 1.87. The van der Waals surface area contributed by atoms with E-state index in [2.05, 4.69) is 66.0 Å². The molecule has 4 rings (SSSR count). The predicted molar refractivity (Wildman–Crippen MR) is 143 cm³/mol. The van der Waals surface area contributed by atoms with Gasteiger partial charge in [0.05, 0.1) is 12.0 Å². The molecule has 180 valence electrons. The van der Waals surface area contributed by atoms with Gasteiger partial charge in [0.1, 0.15) is 0 Å². The van der Waals surface area contributed by atoms with E-state index in [4.69, 9.17) is 11.6 Å². The molecule has 35 heavy (non-hydrogen) atoms. The Labute approximate surface area is 213 Å². The number of allylic oxidation sites excluding steroid dienone is 8. The second kappa shape index (κ2) is 12.0. The Hall–Kier alpha value is -3.17. The van der Waals surface area contributed by atoms with Crippen LogP contribution >= 0.6 is 11.6 Å². The molecule has 0 aromatic heterocycles. The van der Waals surface area contributed by atoms with E-state index in [1.807, 2.05) is 30.4 Å². The van der Waals surface area contributed by atoms with Gasteiger partial charge in [-0.3, -0.25) is 9.59 Å². The second-order valence-electron chi connectivity index (χ2n) is 9.24. The first kappa shape index (κ1) is 24.9. The quantitative estimate of drug-likeness (QED) is 0.310. The number of benzene rings is 2. The standard InChI is InChI=1S/C31H32ClNO2/c32-30-16-10-4-9-15-29(30)31(21-28(35)22-33-23-34,26-13-7-3-8-14-26)27-19-17-25(18-20-27)24-11-5-1-2-6-12-24/h1,3,5,7-10,13-20,23-24H,2,4,6,11-12,21-22H2,(H,33,34).